The SMILES string of the molecule is C=C/C(=C\C=C\c1ccccc1)S(=O)(=O)c1ccccc1. The van der Waals surface area contributed by atoms with Crippen LogP contribution in [0.15, 0.2) is 95.3 Å². The Morgan fingerprint density at radius 1 is 0.905 bits per heavy atom. The van der Waals surface area contributed by atoms with E-state index in [1.54, 1.807) is 42.5 Å². The summed E-state index contributed by atoms with van der Waals surface area (Å²) in [4.78, 5) is 0.449. The molecule has 0 aliphatic rings. The maximum Gasteiger partial charge on any atom is 0.206 e. The highest BCUT2D eigenvalue weighted by Gasteiger charge is 2.16. The van der Waals surface area contributed by atoms with Crippen molar-refractivity contribution in [2.24, 2.45) is 0 Å². The predicted octanol–water partition coefficient (Wildman–Crippen LogP) is 4.24. The van der Waals surface area contributed by atoms with E-state index in [1.165, 1.54) is 6.08 Å². The van der Waals surface area contributed by atoms with Crippen molar-refractivity contribution >= 4 is 15.9 Å². The Morgan fingerprint density at radius 3 is 2.05 bits per heavy atom. The zero-order valence-corrected chi connectivity index (χ0v) is 12.3. The summed E-state index contributed by atoms with van der Waals surface area (Å²) in [6.45, 7) is 3.60. The minimum Gasteiger partial charge on any atom is -0.219 e. The molecule has 0 fully saturated rings. The van der Waals surface area contributed by atoms with Crippen LogP contribution in [-0.4, -0.2) is 8.42 Å². The molecular formula is C18H16O2S. The molecule has 0 atom stereocenters. The van der Waals surface area contributed by atoms with Crippen molar-refractivity contribution in [2.75, 3.05) is 0 Å². The van der Waals surface area contributed by atoms with E-state index in [4.69, 9.17) is 0 Å². The van der Waals surface area contributed by atoms with Gasteiger partial charge in [0.2, 0.25) is 9.84 Å². The van der Waals surface area contributed by atoms with Crippen LogP contribution in [0.4, 0.5) is 0 Å². The Hall–Kier alpha value is -2.39. The molecule has 0 radical (unpaired) electrons. The van der Waals surface area contributed by atoms with Crippen molar-refractivity contribution in [2.45, 2.75) is 4.90 Å². The summed E-state index contributed by atoms with van der Waals surface area (Å²) in [5.74, 6) is 0. The van der Waals surface area contributed by atoms with Gasteiger partial charge in [0.15, 0.2) is 0 Å². The molecule has 2 nitrogen and oxygen atoms in total. The second kappa shape index (κ2) is 6.86. The van der Waals surface area contributed by atoms with Crippen LogP contribution in [-0.2, 0) is 9.84 Å². The van der Waals surface area contributed by atoms with Crippen molar-refractivity contribution in [3.05, 3.63) is 95.9 Å². The third-order valence-corrected chi connectivity index (χ3v) is 4.73. The standard InChI is InChI=1S/C18H16O2S/c1-2-17(15-9-12-16-10-5-3-6-11-16)21(19,20)18-13-7-4-8-14-18/h2-15H,1H2/b12-9+,17-15+. The molecule has 0 saturated carbocycles. The summed E-state index contributed by atoms with van der Waals surface area (Å²) in [5, 5.41) is 0. The Labute approximate surface area is 125 Å². The fraction of sp³-hybridized carbons (Fsp3) is 0. The van der Waals surface area contributed by atoms with Gasteiger partial charge in [-0.05, 0) is 23.8 Å². The first-order valence-corrected chi connectivity index (χ1v) is 7.99. The molecule has 0 bridgehead atoms. The van der Waals surface area contributed by atoms with E-state index in [9.17, 15) is 8.42 Å². The summed E-state index contributed by atoms with van der Waals surface area (Å²) < 4.78 is 24.9. The van der Waals surface area contributed by atoms with Gasteiger partial charge >= 0.3 is 0 Å². The van der Waals surface area contributed by atoms with E-state index in [0.29, 0.717) is 0 Å². The Kier molecular flexibility index (Phi) is 4.90. The molecule has 0 unspecified atom stereocenters. The number of allylic oxidation sites excluding steroid dienone is 3. The second-order valence-electron chi connectivity index (χ2n) is 4.36. The first-order chi connectivity index (χ1) is 10.1. The smallest absolute Gasteiger partial charge is 0.206 e. The second-order valence-corrected chi connectivity index (χ2v) is 6.31. The van der Waals surface area contributed by atoms with Crippen molar-refractivity contribution in [1.29, 1.82) is 0 Å². The average Bonchev–Trinajstić information content (AvgIpc) is 2.53. The summed E-state index contributed by atoms with van der Waals surface area (Å²) in [6, 6.07) is 18.0. The average molecular weight is 296 g/mol. The molecule has 0 aliphatic heterocycles. The summed E-state index contributed by atoms with van der Waals surface area (Å²) in [7, 11) is -3.51. The molecule has 0 aliphatic carbocycles. The van der Waals surface area contributed by atoms with Crippen LogP contribution in [0, 0.1) is 0 Å². The zero-order valence-electron chi connectivity index (χ0n) is 11.5. The number of benzene rings is 2. The lowest BCUT2D eigenvalue weighted by Gasteiger charge is -2.04. The van der Waals surface area contributed by atoms with E-state index in [-0.39, 0.29) is 9.80 Å². The summed E-state index contributed by atoms with van der Waals surface area (Å²) in [5.41, 5.74) is 1.01. The lowest BCUT2D eigenvalue weighted by atomic mass is 10.2. The van der Waals surface area contributed by atoms with Crippen LogP contribution >= 0.6 is 0 Å². The highest BCUT2D eigenvalue weighted by atomic mass is 32.2. The molecule has 0 amide bonds. The lowest BCUT2D eigenvalue weighted by molar-refractivity contribution is 0.603. The van der Waals surface area contributed by atoms with Gasteiger partial charge in [-0.15, -0.1) is 0 Å². The number of hydrogen-bond donors (Lipinski definition) is 0. The van der Waals surface area contributed by atoms with Gasteiger partial charge in [0, 0.05) is 0 Å². The Balaban J connectivity index is 2.30. The lowest BCUT2D eigenvalue weighted by Crippen LogP contribution is -2.02. The molecule has 0 spiro atoms. The highest BCUT2D eigenvalue weighted by molar-refractivity contribution is 7.95. The van der Waals surface area contributed by atoms with Crippen LogP contribution < -0.4 is 0 Å². The van der Waals surface area contributed by atoms with Gasteiger partial charge in [-0.1, -0.05) is 73.3 Å². The molecule has 2 rings (SSSR count). The van der Waals surface area contributed by atoms with Crippen LogP contribution in [0.2, 0.25) is 0 Å². The fourth-order valence-corrected chi connectivity index (χ4v) is 3.09. The largest absolute Gasteiger partial charge is 0.219 e. The van der Waals surface area contributed by atoms with E-state index in [0.717, 1.165) is 5.56 Å². The third-order valence-electron chi connectivity index (χ3n) is 2.91. The van der Waals surface area contributed by atoms with Gasteiger partial charge in [-0.2, -0.15) is 0 Å². The van der Waals surface area contributed by atoms with Crippen molar-refractivity contribution in [3.63, 3.8) is 0 Å². The molecular weight excluding hydrogens is 280 g/mol. The molecule has 0 N–H and O–H groups in total. The van der Waals surface area contributed by atoms with E-state index >= 15 is 0 Å². The molecule has 21 heavy (non-hydrogen) atoms. The molecule has 0 heterocycles. The monoisotopic (exact) mass is 296 g/mol. The summed E-state index contributed by atoms with van der Waals surface area (Å²) in [6.07, 6.45) is 6.48. The topological polar surface area (TPSA) is 34.1 Å². The first-order valence-electron chi connectivity index (χ1n) is 6.50. The fourth-order valence-electron chi connectivity index (χ4n) is 1.82. The quantitative estimate of drug-likeness (QED) is 0.773. The van der Waals surface area contributed by atoms with Gasteiger partial charge in [-0.3, -0.25) is 0 Å². The van der Waals surface area contributed by atoms with E-state index in [1.807, 2.05) is 36.4 Å². The van der Waals surface area contributed by atoms with E-state index < -0.39 is 9.84 Å². The van der Waals surface area contributed by atoms with Crippen molar-refractivity contribution in [3.8, 4) is 0 Å². The highest BCUT2D eigenvalue weighted by Crippen LogP contribution is 2.19. The molecule has 0 saturated heterocycles. The van der Waals surface area contributed by atoms with Gasteiger partial charge in [0.1, 0.15) is 0 Å². The van der Waals surface area contributed by atoms with Crippen LogP contribution in [0.1, 0.15) is 5.56 Å². The predicted molar refractivity (Wildman–Crippen MR) is 87.4 cm³/mol. The van der Waals surface area contributed by atoms with E-state index in [2.05, 4.69) is 6.58 Å². The Morgan fingerprint density at radius 2 is 1.48 bits per heavy atom. The molecule has 0 aromatic heterocycles. The number of rotatable bonds is 5. The van der Waals surface area contributed by atoms with Gasteiger partial charge in [0.05, 0.1) is 9.80 Å². The molecule has 3 heteroatoms. The van der Waals surface area contributed by atoms with Crippen LogP contribution in [0.25, 0.3) is 6.08 Å². The number of hydrogen-bond acceptors (Lipinski definition) is 2. The zero-order chi connectivity index (χ0) is 15.1. The van der Waals surface area contributed by atoms with Gasteiger partial charge in [-0.25, -0.2) is 8.42 Å². The van der Waals surface area contributed by atoms with Crippen molar-refractivity contribution in [1.82, 2.24) is 0 Å². The third kappa shape index (κ3) is 3.80. The molecule has 2 aromatic rings. The van der Waals surface area contributed by atoms with Crippen molar-refractivity contribution < 1.29 is 8.42 Å². The van der Waals surface area contributed by atoms with Gasteiger partial charge < -0.3 is 0 Å². The maximum absolute atomic E-state index is 12.4. The first kappa shape index (κ1) is 15.0. The summed E-state index contributed by atoms with van der Waals surface area (Å²) >= 11 is 0. The Bertz CT molecular complexity index is 755. The normalized spacial score (nSPS) is 12.5. The maximum atomic E-state index is 12.4. The minimum absolute atomic E-state index is 0.181. The minimum atomic E-state index is -3.51. The van der Waals surface area contributed by atoms with Crippen LogP contribution in [0.5, 0.6) is 0 Å². The van der Waals surface area contributed by atoms with Crippen LogP contribution in [0.3, 0.4) is 0 Å². The van der Waals surface area contributed by atoms with Gasteiger partial charge in [0.25, 0.3) is 0 Å². The number of sulfone groups is 1. The molecule has 2 aromatic carbocycles. The molecule has 106 valence electrons.